The fraction of sp³-hybridized carbons (Fsp3) is 0.545. The van der Waals surface area contributed by atoms with Gasteiger partial charge in [0.2, 0.25) is 0 Å². The summed E-state index contributed by atoms with van der Waals surface area (Å²) in [4.78, 5) is 26.9. The first-order chi connectivity index (χ1) is 14.6. The maximum Gasteiger partial charge on any atom is 0.337 e. The minimum Gasteiger partial charge on any atom is -0.490 e. The lowest BCUT2D eigenvalue weighted by molar-refractivity contribution is -0.139. The molecule has 3 aliphatic rings. The van der Waals surface area contributed by atoms with E-state index in [0.29, 0.717) is 37.6 Å². The van der Waals surface area contributed by atoms with E-state index in [-0.39, 0.29) is 18.0 Å². The van der Waals surface area contributed by atoms with Gasteiger partial charge in [0.25, 0.3) is 0 Å². The first-order valence-corrected chi connectivity index (χ1v) is 10.7. The minimum absolute atomic E-state index is 0.181. The standard InChI is InChI=1S/C22H29N3O5/c1-3-28-21(26)20-14(2)23-22(27)24-16(20)13-25-9-4-6-17(25)15-7-8-18-19(12-15)30-11-5-10-29-18/h7-8,12,14,17H,3-6,9-11,13H2,1-2H3,(H2,23,24,27). The van der Waals surface area contributed by atoms with Crippen molar-refractivity contribution in [1.82, 2.24) is 15.5 Å². The maximum atomic E-state index is 12.5. The summed E-state index contributed by atoms with van der Waals surface area (Å²) in [6.07, 6.45) is 2.92. The zero-order valence-electron chi connectivity index (χ0n) is 17.5. The quantitative estimate of drug-likeness (QED) is 0.719. The van der Waals surface area contributed by atoms with Crippen molar-refractivity contribution in [3.8, 4) is 11.5 Å². The maximum absolute atomic E-state index is 12.5. The lowest BCUT2D eigenvalue weighted by Gasteiger charge is -2.31. The van der Waals surface area contributed by atoms with Gasteiger partial charge in [-0.15, -0.1) is 0 Å². The molecule has 8 heteroatoms. The number of benzene rings is 1. The Hall–Kier alpha value is -2.74. The van der Waals surface area contributed by atoms with Crippen molar-refractivity contribution in [1.29, 1.82) is 0 Å². The summed E-state index contributed by atoms with van der Waals surface area (Å²) in [6.45, 7) is 6.55. The topological polar surface area (TPSA) is 89.1 Å². The Morgan fingerprint density at radius 3 is 2.83 bits per heavy atom. The summed E-state index contributed by atoms with van der Waals surface area (Å²) in [5.74, 6) is 1.18. The fourth-order valence-corrected chi connectivity index (χ4v) is 4.39. The van der Waals surface area contributed by atoms with Crippen molar-refractivity contribution in [2.24, 2.45) is 0 Å². The van der Waals surface area contributed by atoms with E-state index in [9.17, 15) is 9.59 Å². The van der Waals surface area contributed by atoms with Crippen molar-refractivity contribution >= 4 is 12.0 Å². The van der Waals surface area contributed by atoms with E-state index < -0.39 is 6.04 Å². The zero-order chi connectivity index (χ0) is 21.1. The van der Waals surface area contributed by atoms with Gasteiger partial charge in [-0.2, -0.15) is 0 Å². The van der Waals surface area contributed by atoms with Gasteiger partial charge in [0.05, 0.1) is 31.4 Å². The highest BCUT2D eigenvalue weighted by atomic mass is 16.5. The second-order valence-corrected chi connectivity index (χ2v) is 7.82. The highest BCUT2D eigenvalue weighted by Crippen LogP contribution is 2.38. The van der Waals surface area contributed by atoms with Crippen LogP contribution in [0.25, 0.3) is 0 Å². The van der Waals surface area contributed by atoms with E-state index in [0.717, 1.165) is 42.9 Å². The fourth-order valence-electron chi connectivity index (χ4n) is 4.39. The average Bonchev–Trinajstić information content (AvgIpc) is 3.03. The van der Waals surface area contributed by atoms with E-state index in [1.54, 1.807) is 13.8 Å². The molecule has 3 heterocycles. The van der Waals surface area contributed by atoms with Gasteiger partial charge in [0.15, 0.2) is 11.5 Å². The molecule has 1 fully saturated rings. The van der Waals surface area contributed by atoms with Crippen LogP contribution in [0.2, 0.25) is 0 Å². The molecule has 0 spiro atoms. The van der Waals surface area contributed by atoms with E-state index in [2.05, 4.69) is 27.7 Å². The molecule has 0 radical (unpaired) electrons. The smallest absolute Gasteiger partial charge is 0.337 e. The molecule has 30 heavy (non-hydrogen) atoms. The summed E-state index contributed by atoms with van der Waals surface area (Å²) in [7, 11) is 0. The molecule has 1 aromatic carbocycles. The zero-order valence-corrected chi connectivity index (χ0v) is 17.5. The number of urea groups is 1. The van der Waals surface area contributed by atoms with Crippen LogP contribution in [0.15, 0.2) is 29.5 Å². The summed E-state index contributed by atoms with van der Waals surface area (Å²) in [5.41, 5.74) is 2.26. The summed E-state index contributed by atoms with van der Waals surface area (Å²) < 4.78 is 16.8. The van der Waals surface area contributed by atoms with Crippen LogP contribution in [0, 0.1) is 0 Å². The van der Waals surface area contributed by atoms with Crippen molar-refractivity contribution in [2.45, 2.75) is 45.2 Å². The van der Waals surface area contributed by atoms with Crippen LogP contribution in [0.4, 0.5) is 4.79 Å². The molecule has 2 N–H and O–H groups in total. The van der Waals surface area contributed by atoms with Gasteiger partial charge in [-0.1, -0.05) is 6.07 Å². The first-order valence-electron chi connectivity index (χ1n) is 10.7. The average molecular weight is 415 g/mol. The lowest BCUT2D eigenvalue weighted by atomic mass is 10.0. The predicted molar refractivity (Wildman–Crippen MR) is 110 cm³/mol. The number of hydrogen-bond donors (Lipinski definition) is 2. The van der Waals surface area contributed by atoms with Crippen LogP contribution >= 0.6 is 0 Å². The third-order valence-electron chi connectivity index (χ3n) is 5.75. The Labute approximate surface area is 176 Å². The molecule has 0 aliphatic carbocycles. The van der Waals surface area contributed by atoms with E-state index in [1.165, 1.54) is 0 Å². The predicted octanol–water partition coefficient (Wildman–Crippen LogP) is 2.50. The molecular formula is C22H29N3O5. The molecule has 2 unspecified atom stereocenters. The normalized spacial score (nSPS) is 24.1. The van der Waals surface area contributed by atoms with Gasteiger partial charge < -0.3 is 24.8 Å². The highest BCUT2D eigenvalue weighted by molar-refractivity contribution is 5.94. The molecule has 2 atom stereocenters. The molecule has 2 amide bonds. The lowest BCUT2D eigenvalue weighted by Crippen LogP contribution is -2.51. The molecule has 0 bridgehead atoms. The number of carbonyl (C=O) groups is 2. The number of ether oxygens (including phenoxy) is 3. The van der Waals surface area contributed by atoms with Crippen molar-refractivity contribution < 1.29 is 23.8 Å². The Morgan fingerprint density at radius 1 is 1.23 bits per heavy atom. The second-order valence-electron chi connectivity index (χ2n) is 7.82. The number of nitrogens with zero attached hydrogens (tertiary/aromatic N) is 1. The van der Waals surface area contributed by atoms with Crippen molar-refractivity contribution in [2.75, 3.05) is 32.9 Å². The van der Waals surface area contributed by atoms with Crippen LogP contribution in [0.1, 0.15) is 44.7 Å². The third kappa shape index (κ3) is 4.23. The number of likely N-dealkylation sites (tertiary alicyclic amines) is 1. The second kappa shape index (κ2) is 8.95. The van der Waals surface area contributed by atoms with Gasteiger partial charge in [0.1, 0.15) is 0 Å². The van der Waals surface area contributed by atoms with E-state index in [1.807, 2.05) is 6.07 Å². The van der Waals surface area contributed by atoms with Crippen LogP contribution in [0.3, 0.4) is 0 Å². The largest absolute Gasteiger partial charge is 0.490 e. The Balaban J connectivity index is 1.58. The number of hydrogen-bond acceptors (Lipinski definition) is 6. The number of esters is 1. The molecule has 3 aliphatic heterocycles. The Morgan fingerprint density at radius 2 is 2.03 bits per heavy atom. The van der Waals surface area contributed by atoms with Crippen LogP contribution < -0.4 is 20.1 Å². The highest BCUT2D eigenvalue weighted by Gasteiger charge is 2.34. The molecule has 0 saturated carbocycles. The molecular weight excluding hydrogens is 386 g/mol. The van der Waals surface area contributed by atoms with Crippen LogP contribution in [0.5, 0.6) is 11.5 Å². The van der Waals surface area contributed by atoms with Gasteiger partial charge in [-0.3, -0.25) is 4.90 Å². The number of rotatable bonds is 5. The SMILES string of the molecule is CCOC(=O)C1=C(CN2CCCC2c2ccc3c(c2)OCCCO3)NC(=O)NC1C. The van der Waals surface area contributed by atoms with Gasteiger partial charge in [-0.05, 0) is 50.9 Å². The summed E-state index contributed by atoms with van der Waals surface area (Å²) >= 11 is 0. The Bertz CT molecular complexity index is 853. The monoisotopic (exact) mass is 415 g/mol. The minimum atomic E-state index is -0.396. The number of nitrogens with one attached hydrogen (secondary N) is 2. The van der Waals surface area contributed by atoms with Gasteiger partial charge >= 0.3 is 12.0 Å². The van der Waals surface area contributed by atoms with Crippen LogP contribution in [-0.2, 0) is 9.53 Å². The van der Waals surface area contributed by atoms with Crippen molar-refractivity contribution in [3.05, 3.63) is 35.0 Å². The molecule has 4 rings (SSSR count). The Kier molecular flexibility index (Phi) is 6.13. The number of fused-ring (bicyclic) bond motifs is 1. The molecule has 1 aromatic rings. The number of carbonyl (C=O) groups excluding carboxylic acids is 2. The molecule has 162 valence electrons. The summed E-state index contributed by atoms with van der Waals surface area (Å²) in [5, 5.41) is 5.58. The molecule has 8 nitrogen and oxygen atoms in total. The first kappa shape index (κ1) is 20.5. The molecule has 0 aromatic heterocycles. The third-order valence-corrected chi connectivity index (χ3v) is 5.75. The molecule has 1 saturated heterocycles. The van der Waals surface area contributed by atoms with Crippen molar-refractivity contribution in [3.63, 3.8) is 0 Å². The van der Waals surface area contributed by atoms with Gasteiger partial charge in [0, 0.05) is 24.7 Å². The summed E-state index contributed by atoms with van der Waals surface area (Å²) in [6, 6.07) is 5.61. The van der Waals surface area contributed by atoms with E-state index in [4.69, 9.17) is 14.2 Å². The van der Waals surface area contributed by atoms with E-state index >= 15 is 0 Å². The number of amides is 2. The van der Waals surface area contributed by atoms with Gasteiger partial charge in [-0.25, -0.2) is 9.59 Å². The van der Waals surface area contributed by atoms with Crippen LogP contribution in [-0.4, -0.2) is 55.9 Å².